The summed E-state index contributed by atoms with van der Waals surface area (Å²) in [5, 5.41) is 13.4. The molecular weight excluding hydrogens is 359 g/mol. The molecule has 0 aliphatic heterocycles. The van der Waals surface area contributed by atoms with Gasteiger partial charge in [-0.3, -0.25) is 9.59 Å². The van der Waals surface area contributed by atoms with E-state index in [1.165, 1.54) is 6.07 Å². The molecule has 5 nitrogen and oxygen atoms in total. The summed E-state index contributed by atoms with van der Waals surface area (Å²) in [6.45, 7) is -0.246. The third-order valence-electron chi connectivity index (χ3n) is 3.70. The molecule has 2 N–H and O–H groups in total. The Morgan fingerprint density at radius 1 is 1.07 bits per heavy atom. The van der Waals surface area contributed by atoms with Crippen LogP contribution in [0.3, 0.4) is 0 Å². The summed E-state index contributed by atoms with van der Waals surface area (Å²) >= 11 is 0. The summed E-state index contributed by atoms with van der Waals surface area (Å²) in [6.07, 6.45) is -4.45. The van der Waals surface area contributed by atoms with Gasteiger partial charge < -0.3 is 10.6 Å². The van der Waals surface area contributed by atoms with Crippen molar-refractivity contribution in [3.8, 4) is 6.07 Å². The normalized spacial score (nSPS) is 11.9. The number of nitriles is 1. The molecule has 2 aromatic rings. The Morgan fingerprint density at radius 3 is 2.41 bits per heavy atom. The van der Waals surface area contributed by atoms with E-state index in [1.54, 1.807) is 36.4 Å². The first-order chi connectivity index (χ1) is 12.8. The van der Waals surface area contributed by atoms with Gasteiger partial charge in [-0.05, 0) is 23.8 Å². The van der Waals surface area contributed by atoms with E-state index in [1.807, 2.05) is 0 Å². The van der Waals surface area contributed by atoms with Crippen LogP contribution in [0.25, 0.3) is 0 Å². The van der Waals surface area contributed by atoms with Gasteiger partial charge in [-0.1, -0.05) is 36.4 Å². The molecule has 0 aliphatic rings. The average Bonchev–Trinajstić information content (AvgIpc) is 2.65. The number of carbonyl (C=O) groups is 2. The molecule has 0 saturated heterocycles. The minimum atomic E-state index is -4.58. The first-order valence-corrected chi connectivity index (χ1v) is 7.98. The maximum absolute atomic E-state index is 12.8. The van der Waals surface area contributed by atoms with Crippen LogP contribution in [0.4, 0.5) is 13.2 Å². The molecule has 1 atom stereocenters. The first kappa shape index (κ1) is 20.0. The molecule has 0 spiro atoms. The van der Waals surface area contributed by atoms with Gasteiger partial charge in [0.2, 0.25) is 5.91 Å². The second-order valence-corrected chi connectivity index (χ2v) is 5.67. The lowest BCUT2D eigenvalue weighted by Gasteiger charge is -2.18. The average molecular weight is 375 g/mol. The Balaban J connectivity index is 2.20. The number of halogens is 3. The lowest BCUT2D eigenvalue weighted by Crippen LogP contribution is -2.48. The van der Waals surface area contributed by atoms with Crippen LogP contribution in [-0.2, 0) is 17.4 Å². The number of alkyl halides is 3. The molecule has 8 heteroatoms. The van der Waals surface area contributed by atoms with Crippen LogP contribution >= 0.6 is 0 Å². The summed E-state index contributed by atoms with van der Waals surface area (Å²) in [5.74, 6) is -1.41. The molecule has 0 saturated carbocycles. The zero-order valence-corrected chi connectivity index (χ0v) is 14.1. The maximum atomic E-state index is 12.8. The van der Waals surface area contributed by atoms with Gasteiger partial charge in [0, 0.05) is 12.0 Å². The van der Waals surface area contributed by atoms with Gasteiger partial charge in [0.15, 0.2) is 0 Å². The molecule has 0 fully saturated rings. The number of rotatable bonds is 6. The van der Waals surface area contributed by atoms with Crippen molar-refractivity contribution < 1.29 is 22.8 Å². The number of nitrogens with one attached hydrogen (secondary N) is 2. The van der Waals surface area contributed by atoms with E-state index in [-0.39, 0.29) is 18.5 Å². The molecule has 0 bridgehead atoms. The van der Waals surface area contributed by atoms with E-state index in [2.05, 4.69) is 10.6 Å². The summed E-state index contributed by atoms with van der Waals surface area (Å²) in [7, 11) is 0. The molecule has 140 valence electrons. The highest BCUT2D eigenvalue weighted by atomic mass is 19.4. The minimum Gasteiger partial charge on any atom is -0.341 e. The fraction of sp³-hybridized carbons (Fsp3) is 0.211. The van der Waals surface area contributed by atoms with Crippen LogP contribution in [-0.4, -0.2) is 24.4 Å². The smallest absolute Gasteiger partial charge is 0.341 e. The van der Waals surface area contributed by atoms with Crippen LogP contribution in [0.5, 0.6) is 0 Å². The van der Waals surface area contributed by atoms with Gasteiger partial charge in [-0.15, -0.1) is 0 Å². The van der Waals surface area contributed by atoms with Crippen LogP contribution in [0.1, 0.15) is 21.5 Å². The van der Waals surface area contributed by atoms with Crippen molar-refractivity contribution >= 4 is 11.8 Å². The van der Waals surface area contributed by atoms with Crippen LogP contribution in [0.2, 0.25) is 0 Å². The number of amides is 2. The van der Waals surface area contributed by atoms with Crippen molar-refractivity contribution in [2.45, 2.75) is 18.6 Å². The fourth-order valence-electron chi connectivity index (χ4n) is 2.39. The lowest BCUT2D eigenvalue weighted by atomic mass is 10.0. The highest BCUT2D eigenvalue weighted by Gasteiger charge is 2.31. The van der Waals surface area contributed by atoms with E-state index in [9.17, 15) is 22.8 Å². The third kappa shape index (κ3) is 5.85. The Bertz CT molecular complexity index is 845. The SMILES string of the molecule is N#CCNC(=O)C(Cc1ccccc1)NC(=O)c1cccc(C(F)(F)F)c1. The Morgan fingerprint density at radius 2 is 1.78 bits per heavy atom. The van der Waals surface area contributed by atoms with Crippen LogP contribution in [0.15, 0.2) is 54.6 Å². The maximum Gasteiger partial charge on any atom is 0.416 e. The molecule has 0 aromatic heterocycles. The van der Waals surface area contributed by atoms with Crippen LogP contribution < -0.4 is 10.6 Å². The van der Waals surface area contributed by atoms with Crippen molar-refractivity contribution in [1.29, 1.82) is 5.26 Å². The van der Waals surface area contributed by atoms with Crippen LogP contribution in [0, 0.1) is 11.3 Å². The van der Waals surface area contributed by atoms with Crippen molar-refractivity contribution in [2.24, 2.45) is 0 Å². The standard InChI is InChI=1S/C19H16F3N3O2/c20-19(21,22)15-8-4-7-14(12-15)17(26)25-16(18(27)24-10-9-23)11-13-5-2-1-3-6-13/h1-8,12,16H,10-11H2,(H,24,27)(H,25,26). The van der Waals surface area contributed by atoms with E-state index < -0.39 is 29.6 Å². The van der Waals surface area contributed by atoms with E-state index in [0.717, 1.165) is 23.8 Å². The molecule has 2 amide bonds. The zero-order valence-electron chi connectivity index (χ0n) is 14.1. The predicted octanol–water partition coefficient (Wildman–Crippen LogP) is 2.69. The molecule has 0 aliphatic carbocycles. The summed E-state index contributed by atoms with van der Waals surface area (Å²) in [4.78, 5) is 24.6. The minimum absolute atomic E-state index is 0.128. The molecule has 27 heavy (non-hydrogen) atoms. The monoisotopic (exact) mass is 375 g/mol. The Kier molecular flexibility index (Phi) is 6.55. The summed E-state index contributed by atoms with van der Waals surface area (Å²) in [5.41, 5.74) is -0.418. The third-order valence-corrected chi connectivity index (χ3v) is 3.70. The second-order valence-electron chi connectivity index (χ2n) is 5.67. The highest BCUT2D eigenvalue weighted by Crippen LogP contribution is 2.29. The highest BCUT2D eigenvalue weighted by molar-refractivity contribution is 5.97. The number of hydrogen-bond acceptors (Lipinski definition) is 3. The molecule has 2 rings (SSSR count). The van der Waals surface area contributed by atoms with Crippen molar-refractivity contribution in [1.82, 2.24) is 10.6 Å². The first-order valence-electron chi connectivity index (χ1n) is 7.98. The van der Waals surface area contributed by atoms with Gasteiger partial charge in [0.25, 0.3) is 5.91 Å². The van der Waals surface area contributed by atoms with Gasteiger partial charge in [0.1, 0.15) is 12.6 Å². The van der Waals surface area contributed by atoms with Gasteiger partial charge >= 0.3 is 6.18 Å². The van der Waals surface area contributed by atoms with Crippen molar-refractivity contribution in [2.75, 3.05) is 6.54 Å². The molecule has 0 radical (unpaired) electrons. The fourth-order valence-corrected chi connectivity index (χ4v) is 2.39. The summed E-state index contributed by atoms with van der Waals surface area (Å²) < 4.78 is 38.5. The van der Waals surface area contributed by atoms with Crippen molar-refractivity contribution in [3.05, 3.63) is 71.3 Å². The van der Waals surface area contributed by atoms with E-state index >= 15 is 0 Å². The number of benzene rings is 2. The topological polar surface area (TPSA) is 82.0 Å². The Labute approximate surface area is 153 Å². The van der Waals surface area contributed by atoms with E-state index in [4.69, 9.17) is 5.26 Å². The molecule has 2 aromatic carbocycles. The quantitative estimate of drug-likeness (QED) is 0.762. The predicted molar refractivity (Wildman–Crippen MR) is 91.5 cm³/mol. The number of hydrogen-bond donors (Lipinski definition) is 2. The zero-order chi connectivity index (χ0) is 19.9. The molecular formula is C19H16F3N3O2. The van der Waals surface area contributed by atoms with Gasteiger partial charge in [-0.2, -0.15) is 18.4 Å². The number of carbonyl (C=O) groups excluding carboxylic acids is 2. The number of nitrogens with zero attached hydrogens (tertiary/aromatic N) is 1. The van der Waals surface area contributed by atoms with Gasteiger partial charge in [0.05, 0.1) is 11.6 Å². The summed E-state index contributed by atoms with van der Waals surface area (Å²) in [6, 6.07) is 13.5. The van der Waals surface area contributed by atoms with E-state index in [0.29, 0.717) is 0 Å². The Hall–Kier alpha value is -3.34. The second kappa shape index (κ2) is 8.85. The molecule has 1 unspecified atom stereocenters. The van der Waals surface area contributed by atoms with Crippen molar-refractivity contribution in [3.63, 3.8) is 0 Å². The molecule has 0 heterocycles. The largest absolute Gasteiger partial charge is 0.416 e. The van der Waals surface area contributed by atoms with Gasteiger partial charge in [-0.25, -0.2) is 0 Å². The lowest BCUT2D eigenvalue weighted by molar-refractivity contribution is -0.137.